The van der Waals surface area contributed by atoms with Crippen LogP contribution in [0.5, 0.6) is 5.75 Å². The van der Waals surface area contributed by atoms with Gasteiger partial charge < -0.3 is 14.7 Å². The SMILES string of the molecule is Cc1nn(C)c(C)c1CN(Cc1ccc(OC[C@@H](O)CN2CCCCC2)cc1)C1CC1. The molecule has 1 aromatic carbocycles. The fourth-order valence-electron chi connectivity index (χ4n) is 4.61. The smallest absolute Gasteiger partial charge is 0.119 e. The summed E-state index contributed by atoms with van der Waals surface area (Å²) >= 11 is 0. The van der Waals surface area contributed by atoms with Crippen LogP contribution >= 0.6 is 0 Å². The molecule has 6 nitrogen and oxygen atoms in total. The van der Waals surface area contributed by atoms with Gasteiger partial charge in [-0.1, -0.05) is 18.6 Å². The van der Waals surface area contributed by atoms with E-state index in [-0.39, 0.29) is 0 Å². The Labute approximate surface area is 186 Å². The highest BCUT2D eigenvalue weighted by Gasteiger charge is 2.30. The van der Waals surface area contributed by atoms with E-state index < -0.39 is 6.10 Å². The van der Waals surface area contributed by atoms with Crippen LogP contribution in [-0.2, 0) is 20.1 Å². The molecule has 0 radical (unpaired) electrons. The summed E-state index contributed by atoms with van der Waals surface area (Å²) in [5.41, 5.74) is 5.05. The van der Waals surface area contributed by atoms with Gasteiger partial charge in [0.1, 0.15) is 18.5 Å². The van der Waals surface area contributed by atoms with Crippen molar-refractivity contribution in [3.63, 3.8) is 0 Å². The lowest BCUT2D eigenvalue weighted by atomic mass is 10.1. The van der Waals surface area contributed by atoms with Gasteiger partial charge in [0.05, 0.1) is 5.69 Å². The second kappa shape index (κ2) is 10.2. The van der Waals surface area contributed by atoms with E-state index >= 15 is 0 Å². The maximum atomic E-state index is 10.3. The van der Waals surface area contributed by atoms with Crippen LogP contribution in [0, 0.1) is 13.8 Å². The topological polar surface area (TPSA) is 53.8 Å². The molecule has 1 aliphatic heterocycles. The van der Waals surface area contributed by atoms with Gasteiger partial charge in [-0.15, -0.1) is 0 Å². The molecule has 1 saturated heterocycles. The number of nitrogens with zero attached hydrogens (tertiary/aromatic N) is 4. The first kappa shape index (κ1) is 22.3. The number of ether oxygens (including phenoxy) is 1. The van der Waals surface area contributed by atoms with Gasteiger partial charge in [0.15, 0.2) is 0 Å². The van der Waals surface area contributed by atoms with Gasteiger partial charge in [0, 0.05) is 44.0 Å². The fourth-order valence-corrected chi connectivity index (χ4v) is 4.61. The Balaban J connectivity index is 1.28. The molecular formula is C25H38N4O2. The second-order valence-electron chi connectivity index (χ2n) is 9.38. The summed E-state index contributed by atoms with van der Waals surface area (Å²) in [6.07, 6.45) is 5.94. The quantitative estimate of drug-likeness (QED) is 0.631. The summed E-state index contributed by atoms with van der Waals surface area (Å²) in [5, 5.41) is 14.9. The van der Waals surface area contributed by atoms with Crippen LogP contribution in [0.25, 0.3) is 0 Å². The van der Waals surface area contributed by atoms with Gasteiger partial charge in [-0.2, -0.15) is 5.10 Å². The summed E-state index contributed by atoms with van der Waals surface area (Å²) in [6, 6.07) is 9.07. The number of benzene rings is 1. The highest BCUT2D eigenvalue weighted by molar-refractivity contribution is 5.28. The number of aliphatic hydroxyl groups excluding tert-OH is 1. The Morgan fingerprint density at radius 2 is 1.81 bits per heavy atom. The molecule has 2 fully saturated rings. The molecule has 170 valence electrons. The van der Waals surface area contributed by atoms with Gasteiger partial charge in [-0.3, -0.25) is 9.58 Å². The minimum atomic E-state index is -0.436. The largest absolute Gasteiger partial charge is 0.491 e. The zero-order valence-electron chi connectivity index (χ0n) is 19.4. The average molecular weight is 427 g/mol. The van der Waals surface area contributed by atoms with Crippen molar-refractivity contribution in [2.45, 2.75) is 71.2 Å². The number of aryl methyl sites for hydroxylation is 2. The predicted octanol–water partition coefficient (Wildman–Crippen LogP) is 3.43. The first-order chi connectivity index (χ1) is 15.0. The van der Waals surface area contributed by atoms with E-state index in [1.807, 2.05) is 23.9 Å². The third-order valence-corrected chi connectivity index (χ3v) is 6.75. The van der Waals surface area contributed by atoms with Crippen LogP contribution in [0.2, 0.25) is 0 Å². The van der Waals surface area contributed by atoms with Gasteiger partial charge >= 0.3 is 0 Å². The minimum Gasteiger partial charge on any atom is -0.491 e. The van der Waals surface area contributed by atoms with Crippen LogP contribution < -0.4 is 4.74 Å². The monoisotopic (exact) mass is 426 g/mol. The lowest BCUT2D eigenvalue weighted by Gasteiger charge is -2.28. The molecule has 2 aromatic rings. The van der Waals surface area contributed by atoms with E-state index in [1.54, 1.807) is 0 Å². The highest BCUT2D eigenvalue weighted by atomic mass is 16.5. The predicted molar refractivity (Wildman–Crippen MR) is 123 cm³/mol. The summed E-state index contributed by atoms with van der Waals surface area (Å²) in [7, 11) is 2.02. The lowest BCUT2D eigenvalue weighted by Crippen LogP contribution is -2.38. The molecule has 1 saturated carbocycles. The Kier molecular flexibility index (Phi) is 7.31. The maximum absolute atomic E-state index is 10.3. The van der Waals surface area contributed by atoms with E-state index in [0.29, 0.717) is 19.2 Å². The van der Waals surface area contributed by atoms with Crippen molar-refractivity contribution in [1.82, 2.24) is 19.6 Å². The molecule has 2 heterocycles. The number of aromatic nitrogens is 2. The molecule has 1 N–H and O–H groups in total. The number of β-amino-alcohol motifs (C(OH)–C–C–N with tert-alkyl or cyclic N) is 1. The van der Waals surface area contributed by atoms with E-state index in [1.165, 1.54) is 48.9 Å². The standard InChI is InChI=1S/C25H38N4O2/c1-19-25(20(2)27(3)26-19)17-29(22-9-10-22)15-21-7-11-24(12-8-21)31-18-23(30)16-28-13-5-4-6-14-28/h7-8,11-12,22-23,30H,4-6,9-10,13-18H2,1-3H3/t23-/m0/s1. The first-order valence-electron chi connectivity index (χ1n) is 11.8. The van der Waals surface area contributed by atoms with Crippen molar-refractivity contribution < 1.29 is 9.84 Å². The van der Waals surface area contributed by atoms with Crippen molar-refractivity contribution >= 4 is 0 Å². The van der Waals surface area contributed by atoms with Gasteiger partial charge in [-0.05, 0) is 70.3 Å². The minimum absolute atomic E-state index is 0.351. The molecule has 2 aliphatic rings. The Bertz CT molecular complexity index is 838. The van der Waals surface area contributed by atoms with E-state index in [9.17, 15) is 5.11 Å². The van der Waals surface area contributed by atoms with Crippen molar-refractivity contribution in [2.75, 3.05) is 26.2 Å². The molecular weight excluding hydrogens is 388 g/mol. The van der Waals surface area contributed by atoms with Crippen molar-refractivity contribution in [3.05, 3.63) is 46.8 Å². The van der Waals surface area contributed by atoms with Crippen molar-refractivity contribution in [2.24, 2.45) is 7.05 Å². The normalized spacial score (nSPS) is 18.5. The summed E-state index contributed by atoms with van der Waals surface area (Å²) < 4.78 is 7.85. The third-order valence-electron chi connectivity index (χ3n) is 6.75. The molecule has 31 heavy (non-hydrogen) atoms. The van der Waals surface area contributed by atoms with Gasteiger partial charge in [0.25, 0.3) is 0 Å². The molecule has 1 aromatic heterocycles. The van der Waals surface area contributed by atoms with Crippen LogP contribution in [-0.4, -0.2) is 63.1 Å². The zero-order valence-corrected chi connectivity index (χ0v) is 19.4. The van der Waals surface area contributed by atoms with E-state index in [2.05, 4.69) is 40.9 Å². The van der Waals surface area contributed by atoms with Crippen molar-refractivity contribution in [1.29, 1.82) is 0 Å². The third kappa shape index (κ3) is 6.09. The Morgan fingerprint density at radius 3 is 2.42 bits per heavy atom. The lowest BCUT2D eigenvalue weighted by molar-refractivity contribution is 0.0617. The van der Waals surface area contributed by atoms with Crippen LogP contribution in [0.3, 0.4) is 0 Å². The number of likely N-dealkylation sites (tertiary alicyclic amines) is 1. The number of hydrogen-bond acceptors (Lipinski definition) is 5. The number of aliphatic hydroxyl groups is 1. The fraction of sp³-hybridized carbons (Fsp3) is 0.640. The molecule has 1 atom stereocenters. The summed E-state index contributed by atoms with van der Waals surface area (Å²) in [4.78, 5) is 4.92. The van der Waals surface area contributed by atoms with Crippen LogP contribution in [0.1, 0.15) is 54.6 Å². The Morgan fingerprint density at radius 1 is 1.10 bits per heavy atom. The number of rotatable bonds is 10. The molecule has 4 rings (SSSR count). The highest BCUT2D eigenvalue weighted by Crippen LogP contribution is 2.31. The number of hydrogen-bond donors (Lipinski definition) is 1. The second-order valence-corrected chi connectivity index (χ2v) is 9.38. The molecule has 0 bridgehead atoms. The average Bonchev–Trinajstić information content (AvgIpc) is 3.58. The Hall–Kier alpha value is -1.89. The number of piperidine rings is 1. The molecule has 6 heteroatoms. The molecule has 0 unspecified atom stereocenters. The zero-order chi connectivity index (χ0) is 21.8. The molecule has 1 aliphatic carbocycles. The van der Waals surface area contributed by atoms with Gasteiger partial charge in [-0.25, -0.2) is 0 Å². The van der Waals surface area contributed by atoms with Crippen LogP contribution in [0.4, 0.5) is 0 Å². The first-order valence-corrected chi connectivity index (χ1v) is 11.8. The van der Waals surface area contributed by atoms with E-state index in [0.717, 1.165) is 37.6 Å². The summed E-state index contributed by atoms with van der Waals surface area (Å²) in [5.74, 6) is 0.832. The van der Waals surface area contributed by atoms with Gasteiger partial charge in [0.2, 0.25) is 0 Å². The molecule has 0 spiro atoms. The van der Waals surface area contributed by atoms with Crippen LogP contribution in [0.15, 0.2) is 24.3 Å². The maximum Gasteiger partial charge on any atom is 0.119 e. The molecule has 0 amide bonds. The van der Waals surface area contributed by atoms with E-state index in [4.69, 9.17) is 4.74 Å². The van der Waals surface area contributed by atoms with Crippen molar-refractivity contribution in [3.8, 4) is 5.75 Å². The summed E-state index contributed by atoms with van der Waals surface area (Å²) in [6.45, 7) is 9.42.